The summed E-state index contributed by atoms with van der Waals surface area (Å²) in [6.07, 6.45) is 6.19. The summed E-state index contributed by atoms with van der Waals surface area (Å²) in [5, 5.41) is 6.57. The normalized spacial score (nSPS) is 14.1. The number of nitrogens with zero attached hydrogens (tertiary/aromatic N) is 3. The van der Waals surface area contributed by atoms with E-state index in [1.54, 1.807) is 13.2 Å². The van der Waals surface area contributed by atoms with Gasteiger partial charge in [0.1, 0.15) is 5.76 Å². The number of halogens is 1. The number of aromatic nitrogens is 1. The van der Waals surface area contributed by atoms with Crippen molar-refractivity contribution in [2.75, 3.05) is 25.0 Å². The molecule has 2 heterocycles. The van der Waals surface area contributed by atoms with Crippen LogP contribution < -0.4 is 15.5 Å². The number of guanidine groups is 1. The van der Waals surface area contributed by atoms with Crippen LogP contribution in [-0.2, 0) is 18.5 Å². The van der Waals surface area contributed by atoms with E-state index >= 15 is 0 Å². The molecule has 152 valence electrons. The molecular formula is C21H30IN5O. The Labute approximate surface area is 184 Å². The van der Waals surface area contributed by atoms with Gasteiger partial charge in [0, 0.05) is 37.8 Å². The maximum atomic E-state index is 5.80. The van der Waals surface area contributed by atoms with Gasteiger partial charge in [-0.05, 0) is 17.7 Å². The molecule has 0 unspecified atom stereocenters. The van der Waals surface area contributed by atoms with Crippen molar-refractivity contribution in [1.29, 1.82) is 0 Å². The molecular weight excluding hydrogens is 465 g/mol. The minimum absolute atomic E-state index is 0. The van der Waals surface area contributed by atoms with Crippen molar-refractivity contribution >= 4 is 35.6 Å². The van der Waals surface area contributed by atoms with Gasteiger partial charge in [-0.15, -0.1) is 24.0 Å². The highest BCUT2D eigenvalue weighted by molar-refractivity contribution is 14.0. The molecule has 6 nitrogen and oxygen atoms in total. The van der Waals surface area contributed by atoms with Crippen molar-refractivity contribution in [1.82, 2.24) is 15.6 Å². The number of nitrogens with one attached hydrogen (secondary N) is 2. The molecule has 0 saturated carbocycles. The number of anilines is 1. The smallest absolute Gasteiger partial charge is 0.213 e. The SMILES string of the molecule is CN=C(NCc1ccc(N2CC=CC2)cc1)NCc1ncc(C(C)(C)C)o1.I. The van der Waals surface area contributed by atoms with Gasteiger partial charge in [-0.2, -0.15) is 0 Å². The summed E-state index contributed by atoms with van der Waals surface area (Å²) in [6, 6.07) is 8.64. The van der Waals surface area contributed by atoms with Crippen molar-refractivity contribution in [3.8, 4) is 0 Å². The van der Waals surface area contributed by atoms with Gasteiger partial charge in [-0.1, -0.05) is 45.1 Å². The van der Waals surface area contributed by atoms with Gasteiger partial charge in [0.2, 0.25) is 5.89 Å². The Balaban J connectivity index is 0.00000280. The zero-order valence-corrected chi connectivity index (χ0v) is 19.4. The quantitative estimate of drug-likeness (QED) is 0.286. The summed E-state index contributed by atoms with van der Waals surface area (Å²) >= 11 is 0. The third-order valence-electron chi connectivity index (χ3n) is 4.50. The van der Waals surface area contributed by atoms with Gasteiger partial charge in [-0.25, -0.2) is 4.98 Å². The number of aliphatic imine (C=N–C) groups is 1. The fourth-order valence-corrected chi connectivity index (χ4v) is 2.82. The molecule has 3 rings (SSSR count). The first-order valence-corrected chi connectivity index (χ1v) is 9.34. The molecule has 0 radical (unpaired) electrons. The fourth-order valence-electron chi connectivity index (χ4n) is 2.82. The number of benzene rings is 1. The van der Waals surface area contributed by atoms with Gasteiger partial charge < -0.3 is 20.0 Å². The second kappa shape index (κ2) is 9.95. The predicted molar refractivity (Wildman–Crippen MR) is 125 cm³/mol. The van der Waals surface area contributed by atoms with Crippen LogP contribution in [0.5, 0.6) is 0 Å². The summed E-state index contributed by atoms with van der Waals surface area (Å²) in [6.45, 7) is 9.51. The zero-order chi connectivity index (χ0) is 19.3. The van der Waals surface area contributed by atoms with Crippen LogP contribution in [0.1, 0.15) is 38.0 Å². The second-order valence-electron chi connectivity index (χ2n) is 7.69. The molecule has 1 aliphatic rings. The molecule has 1 aromatic heterocycles. The van der Waals surface area contributed by atoms with E-state index in [9.17, 15) is 0 Å². The standard InChI is InChI=1S/C21H29N5O.HI/c1-21(2,3)18-14-23-19(27-18)15-25-20(22-4)24-13-16-7-9-17(10-8-16)26-11-5-6-12-26;/h5-10,14H,11-13,15H2,1-4H3,(H2,22,24,25);1H. The van der Waals surface area contributed by atoms with Crippen molar-refractivity contribution < 1.29 is 4.42 Å². The Kier molecular flexibility index (Phi) is 7.91. The van der Waals surface area contributed by atoms with Crippen LogP contribution >= 0.6 is 24.0 Å². The summed E-state index contributed by atoms with van der Waals surface area (Å²) in [5.41, 5.74) is 2.42. The van der Waals surface area contributed by atoms with E-state index in [0.717, 1.165) is 24.8 Å². The highest BCUT2D eigenvalue weighted by atomic mass is 127. The third-order valence-corrected chi connectivity index (χ3v) is 4.50. The fraction of sp³-hybridized carbons (Fsp3) is 0.429. The molecule has 28 heavy (non-hydrogen) atoms. The largest absolute Gasteiger partial charge is 0.443 e. The van der Waals surface area contributed by atoms with E-state index in [2.05, 4.69) is 82.7 Å². The van der Waals surface area contributed by atoms with Crippen LogP contribution in [0.25, 0.3) is 0 Å². The average molecular weight is 495 g/mol. The average Bonchev–Trinajstić information content (AvgIpc) is 3.34. The van der Waals surface area contributed by atoms with E-state index in [4.69, 9.17) is 4.42 Å². The monoisotopic (exact) mass is 495 g/mol. The molecule has 1 aliphatic heterocycles. The molecule has 0 aliphatic carbocycles. The Morgan fingerprint density at radius 3 is 2.32 bits per heavy atom. The minimum Gasteiger partial charge on any atom is -0.443 e. The van der Waals surface area contributed by atoms with Crippen LogP contribution in [0.2, 0.25) is 0 Å². The Morgan fingerprint density at radius 2 is 1.75 bits per heavy atom. The first-order valence-electron chi connectivity index (χ1n) is 9.34. The molecule has 0 amide bonds. The summed E-state index contributed by atoms with van der Waals surface area (Å²) in [5.74, 6) is 2.26. The van der Waals surface area contributed by atoms with E-state index < -0.39 is 0 Å². The lowest BCUT2D eigenvalue weighted by atomic mass is 9.94. The molecule has 0 saturated heterocycles. The van der Waals surface area contributed by atoms with Crippen LogP contribution in [-0.4, -0.2) is 31.1 Å². The molecule has 2 N–H and O–H groups in total. The van der Waals surface area contributed by atoms with Crippen LogP contribution in [0, 0.1) is 0 Å². The van der Waals surface area contributed by atoms with Crippen LogP contribution in [0.3, 0.4) is 0 Å². The number of rotatable bonds is 5. The highest BCUT2D eigenvalue weighted by Crippen LogP contribution is 2.22. The van der Waals surface area contributed by atoms with Crippen molar-refractivity contribution in [3.05, 3.63) is 59.8 Å². The van der Waals surface area contributed by atoms with Crippen LogP contribution in [0.15, 0.2) is 52.0 Å². The van der Waals surface area contributed by atoms with E-state index in [1.807, 2.05) is 0 Å². The van der Waals surface area contributed by atoms with E-state index in [-0.39, 0.29) is 29.4 Å². The Morgan fingerprint density at radius 1 is 1.11 bits per heavy atom. The van der Waals surface area contributed by atoms with E-state index in [0.29, 0.717) is 19.0 Å². The van der Waals surface area contributed by atoms with Gasteiger partial charge in [0.15, 0.2) is 5.96 Å². The lowest BCUT2D eigenvalue weighted by Gasteiger charge is -2.18. The highest BCUT2D eigenvalue weighted by Gasteiger charge is 2.19. The topological polar surface area (TPSA) is 65.7 Å². The third kappa shape index (κ3) is 5.98. The molecule has 0 fully saturated rings. The van der Waals surface area contributed by atoms with Crippen molar-refractivity contribution in [2.24, 2.45) is 4.99 Å². The van der Waals surface area contributed by atoms with Gasteiger partial charge >= 0.3 is 0 Å². The van der Waals surface area contributed by atoms with Gasteiger partial charge in [-0.3, -0.25) is 4.99 Å². The predicted octanol–water partition coefficient (Wildman–Crippen LogP) is 3.83. The first kappa shape index (κ1) is 22.3. The number of hydrogen-bond donors (Lipinski definition) is 2. The Hall–Kier alpha value is -2.03. The summed E-state index contributed by atoms with van der Waals surface area (Å²) in [7, 11) is 1.76. The molecule has 0 atom stereocenters. The van der Waals surface area contributed by atoms with Crippen molar-refractivity contribution in [2.45, 2.75) is 39.3 Å². The zero-order valence-electron chi connectivity index (χ0n) is 17.0. The molecule has 0 bridgehead atoms. The maximum Gasteiger partial charge on any atom is 0.213 e. The van der Waals surface area contributed by atoms with Crippen molar-refractivity contribution in [3.63, 3.8) is 0 Å². The molecule has 1 aromatic carbocycles. The first-order chi connectivity index (χ1) is 13.0. The van der Waals surface area contributed by atoms with Gasteiger partial charge in [0.05, 0.1) is 12.7 Å². The number of oxazole rings is 1. The number of hydrogen-bond acceptors (Lipinski definition) is 4. The molecule has 0 spiro atoms. The Bertz CT molecular complexity index is 797. The maximum absolute atomic E-state index is 5.80. The summed E-state index contributed by atoms with van der Waals surface area (Å²) < 4.78 is 5.80. The molecule has 2 aromatic rings. The lowest BCUT2D eigenvalue weighted by molar-refractivity contribution is 0.379. The summed E-state index contributed by atoms with van der Waals surface area (Å²) in [4.78, 5) is 10.9. The van der Waals surface area contributed by atoms with Gasteiger partial charge in [0.25, 0.3) is 0 Å². The second-order valence-corrected chi connectivity index (χ2v) is 7.69. The van der Waals surface area contributed by atoms with Crippen LogP contribution in [0.4, 0.5) is 5.69 Å². The lowest BCUT2D eigenvalue weighted by Crippen LogP contribution is -2.36. The van der Waals surface area contributed by atoms with E-state index in [1.165, 1.54) is 11.3 Å². The minimum atomic E-state index is -0.0392. The molecule has 7 heteroatoms.